The van der Waals surface area contributed by atoms with Crippen molar-refractivity contribution < 1.29 is 4.79 Å². The molecule has 2 amide bonds. The number of carbonyl (C=O) groups excluding carboxylic acids is 1. The van der Waals surface area contributed by atoms with Crippen LogP contribution in [0.5, 0.6) is 0 Å². The van der Waals surface area contributed by atoms with E-state index >= 15 is 0 Å². The summed E-state index contributed by atoms with van der Waals surface area (Å²) in [5.74, 6) is 0.805. The van der Waals surface area contributed by atoms with Crippen molar-refractivity contribution >= 4 is 6.03 Å². The monoisotopic (exact) mass is 344 g/mol. The maximum atomic E-state index is 12.5. The summed E-state index contributed by atoms with van der Waals surface area (Å²) in [5.41, 5.74) is 1.10. The molecule has 138 valence electrons. The smallest absolute Gasteiger partial charge is 0.317 e. The normalized spacial score (nSPS) is 21.1. The molecule has 1 aromatic heterocycles. The Bertz CT molecular complexity index is 522. The largest absolute Gasteiger partial charge is 0.336 e. The van der Waals surface area contributed by atoms with Gasteiger partial charge in [0.2, 0.25) is 0 Å². The first-order chi connectivity index (χ1) is 12.2. The fraction of sp³-hybridized carbons (Fsp3) is 0.700. The van der Waals surface area contributed by atoms with Gasteiger partial charge in [0.1, 0.15) is 0 Å². The Labute approximate surface area is 151 Å². The summed E-state index contributed by atoms with van der Waals surface area (Å²) in [6.07, 6.45) is 9.77. The van der Waals surface area contributed by atoms with Crippen LogP contribution in [0.4, 0.5) is 4.79 Å². The summed E-state index contributed by atoms with van der Waals surface area (Å²) < 4.78 is 0. The molecule has 1 atom stereocenters. The van der Waals surface area contributed by atoms with E-state index in [1.165, 1.54) is 32.1 Å². The minimum absolute atomic E-state index is 0.112. The number of nitrogens with one attached hydrogen (secondary N) is 1. The van der Waals surface area contributed by atoms with Gasteiger partial charge in [0.25, 0.3) is 0 Å². The first kappa shape index (κ1) is 18.2. The molecular formula is C20H32N4O. The molecule has 0 aromatic carbocycles. The first-order valence-electron chi connectivity index (χ1n) is 9.88. The van der Waals surface area contributed by atoms with Gasteiger partial charge in [0, 0.05) is 45.0 Å². The third kappa shape index (κ3) is 5.70. The first-order valence-corrected chi connectivity index (χ1v) is 9.88. The van der Waals surface area contributed by atoms with Crippen LogP contribution in [0.2, 0.25) is 0 Å². The van der Waals surface area contributed by atoms with Crippen molar-refractivity contribution in [2.75, 3.05) is 26.2 Å². The van der Waals surface area contributed by atoms with Crippen LogP contribution in [0.1, 0.15) is 51.1 Å². The number of amides is 2. The highest BCUT2D eigenvalue weighted by Crippen LogP contribution is 2.27. The molecule has 0 radical (unpaired) electrons. The summed E-state index contributed by atoms with van der Waals surface area (Å²) in [6, 6.07) is 6.43. The van der Waals surface area contributed by atoms with Crippen LogP contribution >= 0.6 is 0 Å². The summed E-state index contributed by atoms with van der Waals surface area (Å²) in [5, 5.41) is 3.22. The number of piperazine rings is 1. The SMILES string of the molecule is C[C@H](CC1CCCCC1)NC(=O)N1CCN(Cc2ccccn2)CC1. The highest BCUT2D eigenvalue weighted by Gasteiger charge is 2.23. The molecule has 0 bridgehead atoms. The maximum absolute atomic E-state index is 12.5. The second-order valence-electron chi connectivity index (χ2n) is 7.67. The standard InChI is InChI=1S/C20H32N4O/c1-17(15-18-7-3-2-4-8-18)22-20(25)24-13-11-23(12-14-24)16-19-9-5-6-10-21-19/h5-6,9-10,17-18H,2-4,7-8,11-16H2,1H3,(H,22,25)/t17-/m1/s1. The van der Waals surface area contributed by atoms with Gasteiger partial charge in [-0.05, 0) is 31.4 Å². The van der Waals surface area contributed by atoms with E-state index in [9.17, 15) is 4.79 Å². The molecular weight excluding hydrogens is 312 g/mol. The molecule has 5 heteroatoms. The minimum Gasteiger partial charge on any atom is -0.336 e. The van der Waals surface area contributed by atoms with Crippen molar-refractivity contribution in [3.8, 4) is 0 Å². The van der Waals surface area contributed by atoms with Crippen LogP contribution in [0.3, 0.4) is 0 Å². The number of pyridine rings is 1. The lowest BCUT2D eigenvalue weighted by molar-refractivity contribution is 0.131. The molecule has 25 heavy (non-hydrogen) atoms. The van der Waals surface area contributed by atoms with Gasteiger partial charge in [0.15, 0.2) is 0 Å². The predicted octanol–water partition coefficient (Wildman–Crippen LogP) is 3.27. The predicted molar refractivity (Wildman–Crippen MR) is 100 cm³/mol. The molecule has 3 rings (SSSR count). The van der Waals surface area contributed by atoms with Crippen molar-refractivity contribution in [2.24, 2.45) is 5.92 Å². The number of aromatic nitrogens is 1. The van der Waals surface area contributed by atoms with Crippen molar-refractivity contribution in [2.45, 2.75) is 58.0 Å². The average molecular weight is 345 g/mol. The fourth-order valence-electron chi connectivity index (χ4n) is 4.11. The lowest BCUT2D eigenvalue weighted by Crippen LogP contribution is -2.53. The minimum atomic E-state index is 0.112. The van der Waals surface area contributed by atoms with Gasteiger partial charge >= 0.3 is 6.03 Å². The maximum Gasteiger partial charge on any atom is 0.317 e. The van der Waals surface area contributed by atoms with Gasteiger partial charge in [-0.15, -0.1) is 0 Å². The molecule has 1 N–H and O–H groups in total. The number of nitrogens with zero attached hydrogens (tertiary/aromatic N) is 3. The van der Waals surface area contributed by atoms with E-state index in [4.69, 9.17) is 0 Å². The molecule has 1 saturated carbocycles. The zero-order valence-electron chi connectivity index (χ0n) is 15.5. The molecule has 2 fully saturated rings. The van der Waals surface area contributed by atoms with Crippen molar-refractivity contribution in [1.29, 1.82) is 0 Å². The van der Waals surface area contributed by atoms with Crippen LogP contribution in [0.15, 0.2) is 24.4 Å². The third-order valence-electron chi connectivity index (χ3n) is 5.55. The van der Waals surface area contributed by atoms with Crippen molar-refractivity contribution in [1.82, 2.24) is 20.1 Å². The molecule has 0 spiro atoms. The highest BCUT2D eigenvalue weighted by molar-refractivity contribution is 5.74. The van der Waals surface area contributed by atoms with Crippen LogP contribution in [-0.4, -0.2) is 53.0 Å². The third-order valence-corrected chi connectivity index (χ3v) is 5.55. The summed E-state index contributed by atoms with van der Waals surface area (Å²) >= 11 is 0. The van der Waals surface area contributed by atoms with Crippen LogP contribution in [0.25, 0.3) is 0 Å². The highest BCUT2D eigenvalue weighted by atomic mass is 16.2. The number of urea groups is 1. The Balaban J connectivity index is 1.37. The summed E-state index contributed by atoms with van der Waals surface area (Å²) in [7, 11) is 0. The Morgan fingerprint density at radius 3 is 2.64 bits per heavy atom. The van der Waals surface area contributed by atoms with Crippen LogP contribution in [-0.2, 0) is 6.54 Å². The van der Waals surface area contributed by atoms with E-state index in [1.54, 1.807) is 0 Å². The number of carbonyl (C=O) groups is 1. The topological polar surface area (TPSA) is 48.5 Å². The second kappa shape index (κ2) is 9.18. The van der Waals surface area contributed by atoms with E-state index in [0.717, 1.165) is 50.8 Å². The zero-order chi connectivity index (χ0) is 17.5. The van der Waals surface area contributed by atoms with Gasteiger partial charge in [-0.3, -0.25) is 9.88 Å². The molecule has 1 saturated heterocycles. The van der Waals surface area contributed by atoms with E-state index in [-0.39, 0.29) is 12.1 Å². The van der Waals surface area contributed by atoms with E-state index in [2.05, 4.69) is 28.2 Å². The van der Waals surface area contributed by atoms with Gasteiger partial charge in [-0.25, -0.2) is 4.79 Å². The van der Waals surface area contributed by atoms with Gasteiger partial charge < -0.3 is 10.2 Å². The van der Waals surface area contributed by atoms with Gasteiger partial charge in [0.05, 0.1) is 5.69 Å². The lowest BCUT2D eigenvalue weighted by Gasteiger charge is -2.35. The quantitative estimate of drug-likeness (QED) is 0.892. The average Bonchev–Trinajstić information content (AvgIpc) is 2.64. The summed E-state index contributed by atoms with van der Waals surface area (Å²) in [4.78, 5) is 21.2. The second-order valence-corrected chi connectivity index (χ2v) is 7.67. The molecule has 2 heterocycles. The number of hydrogen-bond acceptors (Lipinski definition) is 3. The molecule has 1 aliphatic carbocycles. The molecule has 1 aliphatic heterocycles. The molecule has 2 aliphatic rings. The zero-order valence-corrected chi connectivity index (χ0v) is 15.5. The Hall–Kier alpha value is -1.62. The number of hydrogen-bond donors (Lipinski definition) is 1. The van der Waals surface area contributed by atoms with Crippen LogP contribution in [0, 0.1) is 5.92 Å². The Kier molecular flexibility index (Phi) is 6.68. The molecule has 5 nitrogen and oxygen atoms in total. The van der Waals surface area contributed by atoms with E-state index in [0.29, 0.717) is 0 Å². The van der Waals surface area contributed by atoms with E-state index < -0.39 is 0 Å². The van der Waals surface area contributed by atoms with Gasteiger partial charge in [-0.2, -0.15) is 0 Å². The van der Waals surface area contributed by atoms with E-state index in [1.807, 2.05) is 23.2 Å². The lowest BCUT2D eigenvalue weighted by atomic mass is 9.85. The Morgan fingerprint density at radius 2 is 1.96 bits per heavy atom. The van der Waals surface area contributed by atoms with Crippen LogP contribution < -0.4 is 5.32 Å². The van der Waals surface area contributed by atoms with Gasteiger partial charge in [-0.1, -0.05) is 38.2 Å². The summed E-state index contributed by atoms with van der Waals surface area (Å²) in [6.45, 7) is 6.46. The molecule has 0 unspecified atom stereocenters. The van der Waals surface area contributed by atoms with Crippen molar-refractivity contribution in [3.05, 3.63) is 30.1 Å². The molecule has 1 aromatic rings. The Morgan fingerprint density at radius 1 is 1.20 bits per heavy atom. The number of rotatable bonds is 5. The fourth-order valence-corrected chi connectivity index (χ4v) is 4.11. The van der Waals surface area contributed by atoms with Crippen molar-refractivity contribution in [3.63, 3.8) is 0 Å².